The Bertz CT molecular complexity index is 338. The number of rotatable bonds is 3. The average Bonchev–Trinajstić information content (AvgIpc) is 2.38. The maximum Gasteiger partial charge on any atom is 0.0860 e. The van der Waals surface area contributed by atoms with E-state index < -0.39 is 11.0 Å². The lowest BCUT2D eigenvalue weighted by atomic mass is 9.57. The molecule has 1 N–H and O–H groups in total. The van der Waals surface area contributed by atoms with E-state index >= 15 is 0 Å². The first-order valence-corrected chi connectivity index (χ1v) is 8.15. The van der Waals surface area contributed by atoms with Crippen molar-refractivity contribution in [2.24, 2.45) is 17.3 Å². The Labute approximate surface area is 118 Å². The Kier molecular flexibility index (Phi) is 4.56. The molecule has 0 aromatic heterocycles. The van der Waals surface area contributed by atoms with Crippen molar-refractivity contribution in [1.29, 1.82) is 5.26 Å². The predicted octanol–water partition coefficient (Wildman–Crippen LogP) is 4.43. The van der Waals surface area contributed by atoms with Gasteiger partial charge in [0.1, 0.15) is 0 Å². The highest BCUT2D eigenvalue weighted by atomic mass is 16.3. The Balaban J connectivity index is 2.13. The van der Waals surface area contributed by atoms with Crippen LogP contribution < -0.4 is 0 Å². The molecular formula is C17H29NO. The van der Waals surface area contributed by atoms with Crippen molar-refractivity contribution in [3.63, 3.8) is 0 Å². The van der Waals surface area contributed by atoms with Crippen LogP contribution in [0.15, 0.2) is 0 Å². The normalized spacial score (nSPS) is 35.0. The van der Waals surface area contributed by atoms with Gasteiger partial charge in [-0.3, -0.25) is 0 Å². The molecule has 108 valence electrons. The molecule has 2 heteroatoms. The molecule has 0 aromatic rings. The molecule has 19 heavy (non-hydrogen) atoms. The molecular weight excluding hydrogens is 234 g/mol. The fourth-order valence-corrected chi connectivity index (χ4v) is 4.50. The molecule has 0 bridgehead atoms. The van der Waals surface area contributed by atoms with Gasteiger partial charge in [0.25, 0.3) is 0 Å². The van der Waals surface area contributed by atoms with E-state index in [4.69, 9.17) is 0 Å². The Morgan fingerprint density at radius 2 is 1.84 bits per heavy atom. The van der Waals surface area contributed by atoms with Gasteiger partial charge in [0.2, 0.25) is 0 Å². The molecule has 0 radical (unpaired) electrons. The maximum atomic E-state index is 11.2. The van der Waals surface area contributed by atoms with E-state index in [2.05, 4.69) is 19.9 Å². The van der Waals surface area contributed by atoms with Gasteiger partial charge >= 0.3 is 0 Å². The topological polar surface area (TPSA) is 44.0 Å². The zero-order chi connectivity index (χ0) is 13.9. The van der Waals surface area contributed by atoms with Gasteiger partial charge in [0.15, 0.2) is 0 Å². The van der Waals surface area contributed by atoms with Gasteiger partial charge in [0.05, 0.1) is 17.1 Å². The predicted molar refractivity (Wildman–Crippen MR) is 77.5 cm³/mol. The summed E-state index contributed by atoms with van der Waals surface area (Å²) in [4.78, 5) is 0. The molecule has 0 saturated heterocycles. The summed E-state index contributed by atoms with van der Waals surface area (Å²) in [6, 6.07) is 2.55. The Hall–Kier alpha value is -0.550. The van der Waals surface area contributed by atoms with Gasteiger partial charge in [0, 0.05) is 0 Å². The van der Waals surface area contributed by atoms with Gasteiger partial charge in [-0.1, -0.05) is 46.0 Å². The third-order valence-electron chi connectivity index (χ3n) is 5.45. The van der Waals surface area contributed by atoms with Crippen LogP contribution in [0.4, 0.5) is 0 Å². The van der Waals surface area contributed by atoms with E-state index in [1.807, 2.05) is 0 Å². The molecule has 2 aliphatic carbocycles. The summed E-state index contributed by atoms with van der Waals surface area (Å²) in [6.45, 7) is 4.52. The number of hydrogen-bond donors (Lipinski definition) is 1. The van der Waals surface area contributed by atoms with Crippen molar-refractivity contribution >= 4 is 0 Å². The molecule has 0 aliphatic heterocycles. The molecule has 2 fully saturated rings. The monoisotopic (exact) mass is 263 g/mol. The van der Waals surface area contributed by atoms with Gasteiger partial charge in [-0.25, -0.2) is 0 Å². The highest BCUT2D eigenvalue weighted by Crippen LogP contribution is 2.52. The van der Waals surface area contributed by atoms with E-state index in [1.54, 1.807) is 0 Å². The van der Waals surface area contributed by atoms with Crippen LogP contribution in [0.25, 0.3) is 0 Å². The molecule has 2 saturated carbocycles. The number of aliphatic hydroxyl groups is 1. The standard InChI is InChI=1S/C17H29NO/c1-14(2)11-15-7-6-10-17(19,12-15)16(13-18)8-4-3-5-9-16/h14-15,19H,3-12H2,1-2H3. The highest BCUT2D eigenvalue weighted by Gasteiger charge is 2.52. The third kappa shape index (κ3) is 2.97. The molecule has 2 unspecified atom stereocenters. The van der Waals surface area contributed by atoms with E-state index in [0.29, 0.717) is 11.8 Å². The van der Waals surface area contributed by atoms with Crippen molar-refractivity contribution in [3.8, 4) is 6.07 Å². The van der Waals surface area contributed by atoms with Crippen molar-refractivity contribution in [2.75, 3.05) is 0 Å². The van der Waals surface area contributed by atoms with E-state index in [9.17, 15) is 10.4 Å². The van der Waals surface area contributed by atoms with Gasteiger partial charge in [-0.05, 0) is 43.9 Å². The fourth-order valence-electron chi connectivity index (χ4n) is 4.50. The number of nitrogens with zero attached hydrogens (tertiary/aromatic N) is 1. The lowest BCUT2D eigenvalue weighted by molar-refractivity contribution is -0.111. The van der Waals surface area contributed by atoms with E-state index in [-0.39, 0.29) is 0 Å². The largest absolute Gasteiger partial charge is 0.388 e. The molecule has 0 heterocycles. The smallest absolute Gasteiger partial charge is 0.0860 e. The van der Waals surface area contributed by atoms with Gasteiger partial charge < -0.3 is 5.11 Å². The Morgan fingerprint density at radius 1 is 1.16 bits per heavy atom. The summed E-state index contributed by atoms with van der Waals surface area (Å²) in [5, 5.41) is 20.9. The second kappa shape index (κ2) is 5.83. The first kappa shape index (κ1) is 14.9. The molecule has 2 rings (SSSR count). The van der Waals surface area contributed by atoms with Crippen LogP contribution in [0.2, 0.25) is 0 Å². The quantitative estimate of drug-likeness (QED) is 0.818. The SMILES string of the molecule is CC(C)CC1CCCC(O)(C2(C#N)CCCCC2)C1. The minimum absolute atomic E-state index is 0.444. The average molecular weight is 263 g/mol. The minimum atomic E-state index is -0.708. The van der Waals surface area contributed by atoms with Crippen LogP contribution in [0.5, 0.6) is 0 Å². The molecule has 0 aromatic carbocycles. The summed E-state index contributed by atoms with van der Waals surface area (Å²) in [5.41, 5.74) is -1.15. The molecule has 0 spiro atoms. The highest BCUT2D eigenvalue weighted by molar-refractivity contribution is 5.13. The second-order valence-corrected chi connectivity index (χ2v) is 7.38. The molecule has 2 atom stereocenters. The van der Waals surface area contributed by atoms with Gasteiger partial charge in [-0.15, -0.1) is 0 Å². The first-order chi connectivity index (χ1) is 9.01. The third-order valence-corrected chi connectivity index (χ3v) is 5.45. The summed E-state index contributed by atoms with van der Waals surface area (Å²) < 4.78 is 0. The zero-order valence-corrected chi connectivity index (χ0v) is 12.6. The molecule has 2 nitrogen and oxygen atoms in total. The van der Waals surface area contributed by atoms with Crippen LogP contribution in [0.3, 0.4) is 0 Å². The van der Waals surface area contributed by atoms with Crippen molar-refractivity contribution in [2.45, 2.75) is 83.7 Å². The van der Waals surface area contributed by atoms with Crippen molar-refractivity contribution in [3.05, 3.63) is 0 Å². The maximum absolute atomic E-state index is 11.2. The first-order valence-electron chi connectivity index (χ1n) is 8.15. The van der Waals surface area contributed by atoms with Crippen LogP contribution in [0, 0.1) is 28.6 Å². The van der Waals surface area contributed by atoms with E-state index in [1.165, 1.54) is 19.3 Å². The van der Waals surface area contributed by atoms with Crippen LogP contribution in [-0.2, 0) is 0 Å². The van der Waals surface area contributed by atoms with Crippen molar-refractivity contribution < 1.29 is 5.11 Å². The minimum Gasteiger partial charge on any atom is -0.388 e. The Morgan fingerprint density at radius 3 is 2.42 bits per heavy atom. The zero-order valence-electron chi connectivity index (χ0n) is 12.6. The van der Waals surface area contributed by atoms with Crippen molar-refractivity contribution in [1.82, 2.24) is 0 Å². The number of hydrogen-bond acceptors (Lipinski definition) is 2. The molecule has 0 amide bonds. The van der Waals surface area contributed by atoms with E-state index in [0.717, 1.165) is 44.9 Å². The summed E-state index contributed by atoms with van der Waals surface area (Å²) in [7, 11) is 0. The summed E-state index contributed by atoms with van der Waals surface area (Å²) in [5.74, 6) is 1.31. The molecule has 2 aliphatic rings. The number of nitriles is 1. The van der Waals surface area contributed by atoms with Crippen LogP contribution >= 0.6 is 0 Å². The van der Waals surface area contributed by atoms with Gasteiger partial charge in [-0.2, -0.15) is 5.26 Å². The summed E-state index contributed by atoms with van der Waals surface area (Å²) in [6.07, 6.45) is 10.5. The van der Waals surface area contributed by atoms with Crippen LogP contribution in [0.1, 0.15) is 78.1 Å². The lowest BCUT2D eigenvalue weighted by Gasteiger charge is -2.49. The van der Waals surface area contributed by atoms with Crippen LogP contribution in [-0.4, -0.2) is 10.7 Å². The second-order valence-electron chi connectivity index (χ2n) is 7.38. The fraction of sp³-hybridized carbons (Fsp3) is 0.941. The summed E-state index contributed by atoms with van der Waals surface area (Å²) >= 11 is 0. The lowest BCUT2D eigenvalue weighted by Crippen LogP contribution is -2.51.